The molecule has 1 aliphatic rings. The van der Waals surface area contributed by atoms with Gasteiger partial charge in [0.05, 0.1) is 26.9 Å². The molecule has 0 bridgehead atoms. The second-order valence-corrected chi connectivity index (χ2v) is 10.9. The molecule has 3 atom stereocenters. The Morgan fingerprint density at radius 3 is 2.23 bits per heavy atom. The molecule has 2 aromatic rings. The standard InChI is InChI=1S/C31H42N2O7/c1-8-39-29(35)24(15-14-21-12-10-9-11-13-21)32-20(2)28(34)33-19-23-18-27(38-7)26(37-6)17-22(23)16-25(33)30(36)40-31(3,4)5/h9-13,17-18,20,24-25,32H,8,14-16,19H2,1-7H3. The van der Waals surface area contributed by atoms with E-state index in [0.29, 0.717) is 24.3 Å². The largest absolute Gasteiger partial charge is 0.493 e. The Kier molecular flexibility index (Phi) is 10.6. The summed E-state index contributed by atoms with van der Waals surface area (Å²) in [6, 6.07) is 11.2. The summed E-state index contributed by atoms with van der Waals surface area (Å²) in [5, 5.41) is 3.18. The molecule has 9 heteroatoms. The Bertz CT molecular complexity index is 1180. The number of rotatable bonds is 11. The molecule has 0 radical (unpaired) electrons. The van der Waals surface area contributed by atoms with Crippen molar-refractivity contribution in [3.63, 3.8) is 0 Å². The van der Waals surface area contributed by atoms with Crippen LogP contribution in [0.1, 0.15) is 57.7 Å². The maximum atomic E-state index is 13.9. The van der Waals surface area contributed by atoms with Crippen LogP contribution in [0.4, 0.5) is 0 Å². The van der Waals surface area contributed by atoms with Crippen LogP contribution in [0.5, 0.6) is 11.5 Å². The van der Waals surface area contributed by atoms with Gasteiger partial charge in [0.25, 0.3) is 0 Å². The molecule has 0 fully saturated rings. The summed E-state index contributed by atoms with van der Waals surface area (Å²) < 4.78 is 21.9. The Balaban J connectivity index is 1.86. The minimum atomic E-state index is -0.841. The number of nitrogens with one attached hydrogen (secondary N) is 1. The van der Waals surface area contributed by atoms with Gasteiger partial charge in [-0.2, -0.15) is 0 Å². The Labute approximate surface area is 237 Å². The zero-order valence-electron chi connectivity index (χ0n) is 24.6. The number of ether oxygens (including phenoxy) is 4. The van der Waals surface area contributed by atoms with Crippen LogP contribution in [-0.4, -0.2) is 67.3 Å². The molecule has 2 aromatic carbocycles. The van der Waals surface area contributed by atoms with Gasteiger partial charge in [0.15, 0.2) is 11.5 Å². The van der Waals surface area contributed by atoms with Crippen LogP contribution < -0.4 is 14.8 Å². The molecule has 0 saturated carbocycles. The van der Waals surface area contributed by atoms with E-state index in [1.165, 1.54) is 4.90 Å². The SMILES string of the molecule is CCOC(=O)C(CCc1ccccc1)NC(C)C(=O)N1Cc2cc(OC)c(OC)cc2CC1C(=O)OC(C)(C)C. The van der Waals surface area contributed by atoms with Gasteiger partial charge in [-0.15, -0.1) is 0 Å². The summed E-state index contributed by atoms with van der Waals surface area (Å²) >= 11 is 0. The van der Waals surface area contributed by atoms with E-state index < -0.39 is 35.7 Å². The van der Waals surface area contributed by atoms with Gasteiger partial charge in [-0.05, 0) is 76.3 Å². The number of nitrogens with zero attached hydrogens (tertiary/aromatic N) is 1. The fourth-order valence-electron chi connectivity index (χ4n) is 4.81. The molecule has 0 spiro atoms. The highest BCUT2D eigenvalue weighted by Gasteiger charge is 2.40. The van der Waals surface area contributed by atoms with Crippen LogP contribution >= 0.6 is 0 Å². The summed E-state index contributed by atoms with van der Waals surface area (Å²) in [4.78, 5) is 41.6. The molecule has 218 valence electrons. The fourth-order valence-corrected chi connectivity index (χ4v) is 4.81. The van der Waals surface area contributed by atoms with Crippen LogP contribution in [0.15, 0.2) is 42.5 Å². The molecule has 1 heterocycles. The average molecular weight is 555 g/mol. The number of methoxy groups -OCH3 is 2. The van der Waals surface area contributed by atoms with Crippen molar-refractivity contribution in [3.05, 3.63) is 59.2 Å². The second-order valence-electron chi connectivity index (χ2n) is 10.9. The molecule has 0 aliphatic carbocycles. The van der Waals surface area contributed by atoms with E-state index in [9.17, 15) is 14.4 Å². The van der Waals surface area contributed by atoms with Gasteiger partial charge in [-0.25, -0.2) is 4.79 Å². The Morgan fingerprint density at radius 2 is 1.65 bits per heavy atom. The minimum Gasteiger partial charge on any atom is -0.493 e. The number of amides is 1. The van der Waals surface area contributed by atoms with E-state index in [1.54, 1.807) is 48.8 Å². The molecule has 40 heavy (non-hydrogen) atoms. The predicted molar refractivity (Wildman–Crippen MR) is 151 cm³/mol. The highest BCUT2D eigenvalue weighted by molar-refractivity contribution is 5.89. The summed E-state index contributed by atoms with van der Waals surface area (Å²) in [5.74, 6) is -0.124. The molecular weight excluding hydrogens is 512 g/mol. The number of hydrogen-bond acceptors (Lipinski definition) is 8. The van der Waals surface area contributed by atoms with E-state index in [-0.39, 0.29) is 25.5 Å². The third kappa shape index (κ3) is 7.97. The number of esters is 2. The average Bonchev–Trinajstić information content (AvgIpc) is 2.92. The molecule has 3 rings (SSSR count). The quantitative estimate of drug-likeness (QED) is 0.418. The van der Waals surface area contributed by atoms with Gasteiger partial charge in [0.1, 0.15) is 17.7 Å². The van der Waals surface area contributed by atoms with Crippen molar-refractivity contribution in [1.82, 2.24) is 10.2 Å². The first-order valence-corrected chi connectivity index (χ1v) is 13.7. The maximum absolute atomic E-state index is 13.9. The van der Waals surface area contributed by atoms with Gasteiger partial charge < -0.3 is 23.8 Å². The molecular formula is C31H42N2O7. The van der Waals surface area contributed by atoms with Crippen molar-refractivity contribution in [2.45, 2.75) is 84.2 Å². The van der Waals surface area contributed by atoms with Crippen LogP contribution in [0, 0.1) is 0 Å². The van der Waals surface area contributed by atoms with E-state index in [1.807, 2.05) is 42.5 Å². The van der Waals surface area contributed by atoms with Gasteiger partial charge >= 0.3 is 11.9 Å². The Hall–Kier alpha value is -3.59. The van der Waals surface area contributed by atoms with Crippen LogP contribution in [-0.2, 0) is 43.2 Å². The first-order valence-electron chi connectivity index (χ1n) is 13.7. The molecule has 0 aromatic heterocycles. The number of carbonyl (C=O) groups excluding carboxylic acids is 3. The number of benzene rings is 2. The van der Waals surface area contributed by atoms with Gasteiger partial charge in [-0.1, -0.05) is 30.3 Å². The lowest BCUT2D eigenvalue weighted by atomic mass is 9.92. The number of carbonyl (C=O) groups is 3. The zero-order chi connectivity index (χ0) is 29.4. The lowest BCUT2D eigenvalue weighted by Crippen LogP contribution is -2.57. The van der Waals surface area contributed by atoms with E-state index >= 15 is 0 Å². The lowest BCUT2D eigenvalue weighted by molar-refractivity contribution is -0.166. The monoisotopic (exact) mass is 554 g/mol. The van der Waals surface area contributed by atoms with Crippen LogP contribution in [0.2, 0.25) is 0 Å². The van der Waals surface area contributed by atoms with Crippen LogP contribution in [0.3, 0.4) is 0 Å². The van der Waals surface area contributed by atoms with Crippen molar-refractivity contribution in [3.8, 4) is 11.5 Å². The maximum Gasteiger partial charge on any atom is 0.329 e. The summed E-state index contributed by atoms with van der Waals surface area (Å²) in [6.45, 7) is 9.25. The number of fused-ring (bicyclic) bond motifs is 1. The third-order valence-corrected chi connectivity index (χ3v) is 6.76. The molecule has 3 unspecified atom stereocenters. The predicted octanol–water partition coefficient (Wildman–Crippen LogP) is 3.84. The van der Waals surface area contributed by atoms with Crippen molar-refractivity contribution in [2.75, 3.05) is 20.8 Å². The highest BCUT2D eigenvalue weighted by Crippen LogP contribution is 2.35. The minimum absolute atomic E-state index is 0.179. The summed E-state index contributed by atoms with van der Waals surface area (Å²) in [7, 11) is 3.11. The van der Waals surface area contributed by atoms with Crippen molar-refractivity contribution < 1.29 is 33.3 Å². The van der Waals surface area contributed by atoms with Gasteiger partial charge in [0, 0.05) is 13.0 Å². The topological polar surface area (TPSA) is 103 Å². The van der Waals surface area contributed by atoms with E-state index in [2.05, 4.69) is 5.32 Å². The van der Waals surface area contributed by atoms with Crippen LogP contribution in [0.25, 0.3) is 0 Å². The molecule has 1 amide bonds. The lowest BCUT2D eigenvalue weighted by Gasteiger charge is -2.38. The first kappa shape index (κ1) is 30.9. The van der Waals surface area contributed by atoms with Gasteiger partial charge in [-0.3, -0.25) is 14.9 Å². The third-order valence-electron chi connectivity index (χ3n) is 6.76. The second kappa shape index (κ2) is 13.7. The van der Waals surface area contributed by atoms with Crippen molar-refractivity contribution >= 4 is 17.8 Å². The van der Waals surface area contributed by atoms with Gasteiger partial charge in [0.2, 0.25) is 5.91 Å². The Morgan fingerprint density at radius 1 is 1.02 bits per heavy atom. The number of hydrogen-bond donors (Lipinski definition) is 1. The summed E-state index contributed by atoms with van der Waals surface area (Å²) in [5.41, 5.74) is 2.09. The molecule has 0 saturated heterocycles. The number of aryl methyl sites for hydroxylation is 1. The molecule has 1 N–H and O–H groups in total. The van der Waals surface area contributed by atoms with E-state index in [4.69, 9.17) is 18.9 Å². The smallest absolute Gasteiger partial charge is 0.329 e. The first-order chi connectivity index (χ1) is 19.0. The molecule has 1 aliphatic heterocycles. The normalized spacial score (nSPS) is 16.4. The zero-order valence-corrected chi connectivity index (χ0v) is 24.6. The van der Waals surface area contributed by atoms with Crippen molar-refractivity contribution in [2.24, 2.45) is 0 Å². The van der Waals surface area contributed by atoms with E-state index in [0.717, 1.165) is 16.7 Å². The van der Waals surface area contributed by atoms with Crippen molar-refractivity contribution in [1.29, 1.82) is 0 Å². The fraction of sp³-hybridized carbons (Fsp3) is 0.516. The summed E-state index contributed by atoms with van der Waals surface area (Å²) in [6.07, 6.45) is 1.35. The molecule has 9 nitrogen and oxygen atoms in total. The highest BCUT2D eigenvalue weighted by atomic mass is 16.6.